The molecule has 190 valence electrons. The van der Waals surface area contributed by atoms with E-state index in [1.807, 2.05) is 0 Å². The molecule has 2 nitrogen and oxygen atoms in total. The van der Waals surface area contributed by atoms with Gasteiger partial charge in [0.05, 0.1) is 22.8 Å². The van der Waals surface area contributed by atoms with Crippen LogP contribution >= 0.6 is 0 Å². The van der Waals surface area contributed by atoms with Crippen molar-refractivity contribution in [3.8, 4) is 0 Å². The summed E-state index contributed by atoms with van der Waals surface area (Å²) in [4.78, 5) is 10.5. The molecule has 0 radical (unpaired) electrons. The van der Waals surface area contributed by atoms with Gasteiger partial charge in [-0.3, -0.25) is 9.98 Å². The molecule has 2 aromatic rings. The van der Waals surface area contributed by atoms with Crippen LogP contribution in [0.1, 0.15) is 109 Å². The van der Waals surface area contributed by atoms with E-state index in [0.29, 0.717) is 0 Å². The Morgan fingerprint density at radius 3 is 1.18 bits per heavy atom. The van der Waals surface area contributed by atoms with Crippen LogP contribution in [0.25, 0.3) is 0 Å². The fourth-order valence-corrected chi connectivity index (χ4v) is 4.16. The number of aryl methyl sites for hydroxylation is 4. The molecule has 0 fully saturated rings. The summed E-state index contributed by atoms with van der Waals surface area (Å²) in [6.45, 7) is 13.4. The average Bonchev–Trinajstić information content (AvgIpc) is 2.85. The second-order valence-corrected chi connectivity index (χ2v) is 9.11. The smallest absolute Gasteiger partial charge is 0.0639 e. The normalized spacial score (nSPS) is 12.1. The van der Waals surface area contributed by atoms with Gasteiger partial charge in [-0.25, -0.2) is 0 Å². The van der Waals surface area contributed by atoms with Crippen LogP contribution in [-0.2, 0) is 46.1 Å². The van der Waals surface area contributed by atoms with E-state index in [2.05, 4.69) is 77.9 Å². The molecule has 0 atom stereocenters. The van der Waals surface area contributed by atoms with E-state index in [1.165, 1.54) is 59.4 Å². The maximum absolute atomic E-state index is 5.27. The minimum atomic E-state index is 0. The fraction of sp³-hybridized carbons (Fsp3) is 0.548. The van der Waals surface area contributed by atoms with Crippen LogP contribution < -0.4 is 0 Å². The minimum absolute atomic E-state index is 0. The van der Waals surface area contributed by atoms with Gasteiger partial charge in [-0.05, 0) is 97.9 Å². The molecule has 0 amide bonds. The number of hydrogen-bond acceptors (Lipinski definition) is 2. The van der Waals surface area contributed by atoms with Crippen LogP contribution in [0.15, 0.2) is 46.4 Å². The topological polar surface area (TPSA) is 24.7 Å². The SMILES string of the molecule is CCCCCC(=Nc1cc(CC)cc(CC)c1)C(CCCC)=Nc1cc(CC)cc(CC)c1.[Pd]. The third-order valence-electron chi connectivity index (χ3n) is 6.35. The van der Waals surface area contributed by atoms with Gasteiger partial charge in [0.1, 0.15) is 0 Å². The van der Waals surface area contributed by atoms with Crippen molar-refractivity contribution in [3.63, 3.8) is 0 Å². The monoisotopic (exact) mass is 552 g/mol. The number of benzene rings is 2. The summed E-state index contributed by atoms with van der Waals surface area (Å²) in [6, 6.07) is 13.7. The molecule has 0 aliphatic rings. The van der Waals surface area contributed by atoms with Crippen LogP contribution in [0.3, 0.4) is 0 Å². The summed E-state index contributed by atoms with van der Waals surface area (Å²) in [5.41, 5.74) is 10.0. The molecule has 0 heterocycles. The molecule has 0 aliphatic heterocycles. The number of hydrogen-bond donors (Lipinski definition) is 0. The second-order valence-electron chi connectivity index (χ2n) is 9.11. The van der Waals surface area contributed by atoms with E-state index >= 15 is 0 Å². The summed E-state index contributed by atoms with van der Waals surface area (Å²) < 4.78 is 0. The summed E-state index contributed by atoms with van der Waals surface area (Å²) in [7, 11) is 0. The molecule has 34 heavy (non-hydrogen) atoms. The van der Waals surface area contributed by atoms with E-state index in [1.54, 1.807) is 0 Å². The first kappa shape index (κ1) is 30.5. The van der Waals surface area contributed by atoms with E-state index in [4.69, 9.17) is 9.98 Å². The maximum atomic E-state index is 5.27. The molecule has 0 saturated heterocycles. The van der Waals surface area contributed by atoms with E-state index < -0.39 is 0 Å². The van der Waals surface area contributed by atoms with Crippen molar-refractivity contribution < 1.29 is 20.4 Å². The van der Waals surface area contributed by atoms with Crippen molar-refractivity contribution in [3.05, 3.63) is 58.7 Å². The van der Waals surface area contributed by atoms with Crippen molar-refractivity contribution in [1.82, 2.24) is 0 Å². The van der Waals surface area contributed by atoms with Crippen LogP contribution in [-0.4, -0.2) is 11.4 Å². The Labute approximate surface area is 223 Å². The molecule has 0 bridgehead atoms. The van der Waals surface area contributed by atoms with Gasteiger partial charge in [-0.2, -0.15) is 0 Å². The predicted octanol–water partition coefficient (Wildman–Crippen LogP) is 9.55. The molecule has 0 saturated carbocycles. The fourth-order valence-electron chi connectivity index (χ4n) is 4.16. The quantitative estimate of drug-likeness (QED) is 0.127. The van der Waals surface area contributed by atoms with Gasteiger partial charge in [0.25, 0.3) is 0 Å². The van der Waals surface area contributed by atoms with Gasteiger partial charge in [-0.1, -0.05) is 72.9 Å². The van der Waals surface area contributed by atoms with Crippen molar-refractivity contribution in [2.75, 3.05) is 0 Å². The molecular formula is C31H46N2Pd. The zero-order chi connectivity index (χ0) is 24.1. The summed E-state index contributed by atoms with van der Waals surface area (Å²) in [5.74, 6) is 0. The summed E-state index contributed by atoms with van der Waals surface area (Å²) >= 11 is 0. The van der Waals surface area contributed by atoms with Gasteiger partial charge >= 0.3 is 0 Å². The van der Waals surface area contributed by atoms with Gasteiger partial charge in [-0.15, -0.1) is 0 Å². The molecular weight excluding hydrogens is 507 g/mol. The van der Waals surface area contributed by atoms with Crippen molar-refractivity contribution >= 4 is 22.8 Å². The predicted molar refractivity (Wildman–Crippen MR) is 148 cm³/mol. The van der Waals surface area contributed by atoms with Crippen LogP contribution in [0.5, 0.6) is 0 Å². The van der Waals surface area contributed by atoms with Crippen molar-refractivity contribution in [2.24, 2.45) is 9.98 Å². The zero-order valence-corrected chi connectivity index (χ0v) is 24.0. The minimum Gasteiger partial charge on any atom is -0.252 e. The third kappa shape index (κ3) is 9.97. The molecule has 0 aromatic heterocycles. The first-order chi connectivity index (χ1) is 16.1. The maximum Gasteiger partial charge on any atom is 0.0639 e. The number of unbranched alkanes of at least 4 members (excludes halogenated alkanes) is 3. The van der Waals surface area contributed by atoms with Gasteiger partial charge in [0, 0.05) is 20.4 Å². The number of rotatable bonds is 14. The Balaban J connectivity index is 0.00000578. The van der Waals surface area contributed by atoms with Gasteiger partial charge < -0.3 is 0 Å². The number of nitrogens with zero attached hydrogens (tertiary/aromatic N) is 2. The Morgan fingerprint density at radius 2 is 0.853 bits per heavy atom. The largest absolute Gasteiger partial charge is 0.252 e. The van der Waals surface area contributed by atoms with E-state index in [9.17, 15) is 0 Å². The molecule has 0 aliphatic carbocycles. The van der Waals surface area contributed by atoms with Crippen LogP contribution in [0.2, 0.25) is 0 Å². The number of aliphatic imine (C=N–C) groups is 2. The second kappa shape index (κ2) is 17.0. The first-order valence-electron chi connectivity index (χ1n) is 13.5. The van der Waals surface area contributed by atoms with Gasteiger partial charge in [0.15, 0.2) is 0 Å². The van der Waals surface area contributed by atoms with Crippen molar-refractivity contribution in [2.45, 2.75) is 112 Å². The molecule has 2 aromatic carbocycles. The Bertz CT molecular complexity index is 883. The van der Waals surface area contributed by atoms with Crippen LogP contribution in [0.4, 0.5) is 11.4 Å². The van der Waals surface area contributed by atoms with Crippen LogP contribution in [0, 0.1) is 0 Å². The molecule has 0 spiro atoms. The molecule has 3 heteroatoms. The Kier molecular flexibility index (Phi) is 15.2. The summed E-state index contributed by atoms with van der Waals surface area (Å²) in [6.07, 6.45) is 12.1. The zero-order valence-electron chi connectivity index (χ0n) is 22.5. The standard InChI is InChI=1S/C31H46N2.Pd/c1-7-13-15-17-31(33-29-22-26(11-5)19-27(12-6)23-29)30(16-14-8-2)32-28-20-24(9-3)18-25(10-4)21-28;/h18-23H,7-17H2,1-6H3;. The molecule has 0 unspecified atom stereocenters. The van der Waals surface area contributed by atoms with E-state index in [0.717, 1.165) is 56.3 Å². The molecule has 2 rings (SSSR count). The Morgan fingerprint density at radius 1 is 0.500 bits per heavy atom. The third-order valence-corrected chi connectivity index (χ3v) is 6.35. The first-order valence-corrected chi connectivity index (χ1v) is 13.5. The average molecular weight is 553 g/mol. The summed E-state index contributed by atoms with van der Waals surface area (Å²) in [5, 5.41) is 0. The molecule has 0 N–H and O–H groups in total. The Hall–Kier alpha value is -1.56. The van der Waals surface area contributed by atoms with E-state index in [-0.39, 0.29) is 20.4 Å². The van der Waals surface area contributed by atoms with Gasteiger partial charge in [0.2, 0.25) is 0 Å². The van der Waals surface area contributed by atoms with Crippen molar-refractivity contribution in [1.29, 1.82) is 0 Å².